The summed E-state index contributed by atoms with van der Waals surface area (Å²) in [6.45, 7) is 2.04. The SMILES string of the molecule is O=C(c1ccc2c(c1)OCCCO2)N(Cc1ccc2c(c1)OCO2)C1CCCC1. The lowest BCUT2D eigenvalue weighted by Crippen LogP contribution is -2.38. The zero-order valence-corrected chi connectivity index (χ0v) is 16.4. The molecule has 2 heterocycles. The van der Waals surface area contributed by atoms with E-state index < -0.39 is 0 Å². The van der Waals surface area contributed by atoms with Gasteiger partial charge in [-0.25, -0.2) is 0 Å². The van der Waals surface area contributed by atoms with Gasteiger partial charge in [0.25, 0.3) is 5.91 Å². The molecule has 0 atom stereocenters. The van der Waals surface area contributed by atoms with Crippen LogP contribution in [0.15, 0.2) is 36.4 Å². The molecule has 0 radical (unpaired) electrons. The van der Waals surface area contributed by atoms with Gasteiger partial charge in [0.15, 0.2) is 23.0 Å². The van der Waals surface area contributed by atoms with Crippen LogP contribution in [0.3, 0.4) is 0 Å². The molecule has 0 spiro atoms. The van der Waals surface area contributed by atoms with Crippen LogP contribution >= 0.6 is 0 Å². The van der Waals surface area contributed by atoms with Crippen molar-refractivity contribution in [3.63, 3.8) is 0 Å². The summed E-state index contributed by atoms with van der Waals surface area (Å²) in [7, 11) is 0. The fourth-order valence-corrected chi connectivity index (χ4v) is 4.28. The second kappa shape index (κ2) is 7.85. The van der Waals surface area contributed by atoms with Crippen molar-refractivity contribution in [2.24, 2.45) is 0 Å². The number of nitrogens with zero attached hydrogens (tertiary/aromatic N) is 1. The molecule has 5 rings (SSSR count). The number of rotatable bonds is 4. The first-order valence-electron chi connectivity index (χ1n) is 10.4. The van der Waals surface area contributed by atoms with Gasteiger partial charge in [0.05, 0.1) is 13.2 Å². The normalized spacial score (nSPS) is 17.8. The zero-order valence-electron chi connectivity index (χ0n) is 16.4. The highest BCUT2D eigenvalue weighted by molar-refractivity contribution is 5.95. The summed E-state index contributed by atoms with van der Waals surface area (Å²) in [4.78, 5) is 15.5. The maximum atomic E-state index is 13.5. The predicted octanol–water partition coefficient (Wildman–Crippen LogP) is 4.16. The van der Waals surface area contributed by atoms with E-state index in [1.54, 1.807) is 0 Å². The van der Waals surface area contributed by atoms with Crippen LogP contribution < -0.4 is 18.9 Å². The van der Waals surface area contributed by atoms with E-state index >= 15 is 0 Å². The molecule has 0 saturated heterocycles. The van der Waals surface area contributed by atoms with Crippen LogP contribution in [0.1, 0.15) is 48.0 Å². The molecular formula is C23H25NO5. The average molecular weight is 395 g/mol. The molecule has 1 fully saturated rings. The van der Waals surface area contributed by atoms with Gasteiger partial charge < -0.3 is 23.8 Å². The van der Waals surface area contributed by atoms with E-state index in [-0.39, 0.29) is 18.7 Å². The molecule has 2 aliphatic heterocycles. The van der Waals surface area contributed by atoms with E-state index in [1.807, 2.05) is 41.3 Å². The van der Waals surface area contributed by atoms with E-state index in [2.05, 4.69) is 0 Å². The molecule has 0 N–H and O–H groups in total. The van der Waals surface area contributed by atoms with Gasteiger partial charge in [0, 0.05) is 24.6 Å². The van der Waals surface area contributed by atoms with Crippen molar-refractivity contribution < 1.29 is 23.7 Å². The molecule has 0 bridgehead atoms. The number of ether oxygens (including phenoxy) is 4. The molecule has 6 heteroatoms. The highest BCUT2D eigenvalue weighted by Gasteiger charge is 2.29. The third-order valence-electron chi connectivity index (χ3n) is 5.81. The summed E-state index contributed by atoms with van der Waals surface area (Å²) in [5, 5.41) is 0. The third-order valence-corrected chi connectivity index (χ3v) is 5.81. The van der Waals surface area contributed by atoms with Crippen LogP contribution in [0.4, 0.5) is 0 Å². The second-order valence-electron chi connectivity index (χ2n) is 7.77. The maximum Gasteiger partial charge on any atom is 0.254 e. The first-order chi connectivity index (χ1) is 14.3. The lowest BCUT2D eigenvalue weighted by Gasteiger charge is -2.29. The van der Waals surface area contributed by atoms with Gasteiger partial charge in [-0.3, -0.25) is 4.79 Å². The quantitative estimate of drug-likeness (QED) is 0.778. The van der Waals surface area contributed by atoms with E-state index in [0.29, 0.717) is 36.8 Å². The monoisotopic (exact) mass is 395 g/mol. The Labute approximate surface area is 170 Å². The number of hydrogen-bond donors (Lipinski definition) is 0. The number of fused-ring (bicyclic) bond motifs is 2. The van der Waals surface area contributed by atoms with Crippen LogP contribution in [0.5, 0.6) is 23.0 Å². The van der Waals surface area contributed by atoms with E-state index in [0.717, 1.165) is 49.2 Å². The summed E-state index contributed by atoms with van der Waals surface area (Å²) in [6, 6.07) is 11.7. The lowest BCUT2D eigenvalue weighted by atomic mass is 10.1. The minimum atomic E-state index is 0.0326. The van der Waals surface area contributed by atoms with Crippen LogP contribution in [0.2, 0.25) is 0 Å². The molecule has 0 unspecified atom stereocenters. The molecule has 6 nitrogen and oxygen atoms in total. The van der Waals surface area contributed by atoms with E-state index in [9.17, 15) is 4.79 Å². The molecule has 0 aromatic heterocycles. The smallest absolute Gasteiger partial charge is 0.254 e. The first kappa shape index (κ1) is 18.2. The first-order valence-corrected chi connectivity index (χ1v) is 10.4. The number of carbonyl (C=O) groups excluding carboxylic acids is 1. The van der Waals surface area contributed by atoms with E-state index in [1.165, 1.54) is 0 Å². The number of benzene rings is 2. The summed E-state index contributed by atoms with van der Waals surface area (Å²) in [6.07, 6.45) is 5.26. The van der Waals surface area contributed by atoms with Gasteiger partial charge in [0.1, 0.15) is 0 Å². The summed E-state index contributed by atoms with van der Waals surface area (Å²) < 4.78 is 22.4. The Balaban J connectivity index is 1.42. The molecule has 1 saturated carbocycles. The molecule has 1 aliphatic carbocycles. The van der Waals surface area contributed by atoms with Gasteiger partial charge in [-0.05, 0) is 48.7 Å². The van der Waals surface area contributed by atoms with Crippen molar-refractivity contribution >= 4 is 5.91 Å². The van der Waals surface area contributed by atoms with Gasteiger partial charge in [-0.15, -0.1) is 0 Å². The highest BCUT2D eigenvalue weighted by atomic mass is 16.7. The Kier molecular flexibility index (Phi) is 4.92. The van der Waals surface area contributed by atoms with Gasteiger partial charge in [-0.2, -0.15) is 0 Å². The summed E-state index contributed by atoms with van der Waals surface area (Å²) in [5.41, 5.74) is 1.69. The Hall–Kier alpha value is -2.89. The lowest BCUT2D eigenvalue weighted by molar-refractivity contribution is 0.0664. The molecular weight excluding hydrogens is 370 g/mol. The van der Waals surface area contributed by atoms with Crippen LogP contribution in [0, 0.1) is 0 Å². The minimum Gasteiger partial charge on any atom is -0.490 e. The maximum absolute atomic E-state index is 13.5. The van der Waals surface area contributed by atoms with Crippen molar-refractivity contribution in [2.45, 2.75) is 44.7 Å². The molecule has 3 aliphatic rings. The number of amides is 1. The Morgan fingerprint density at radius 1 is 0.828 bits per heavy atom. The molecule has 1 amide bonds. The zero-order chi connectivity index (χ0) is 19.6. The van der Waals surface area contributed by atoms with Crippen molar-refractivity contribution in [3.8, 4) is 23.0 Å². The van der Waals surface area contributed by atoms with Crippen LogP contribution in [-0.2, 0) is 6.54 Å². The Morgan fingerprint density at radius 3 is 2.38 bits per heavy atom. The fraction of sp³-hybridized carbons (Fsp3) is 0.435. The number of hydrogen-bond acceptors (Lipinski definition) is 5. The highest BCUT2D eigenvalue weighted by Crippen LogP contribution is 2.35. The molecule has 29 heavy (non-hydrogen) atoms. The average Bonchev–Trinajstić information content (AvgIpc) is 3.38. The van der Waals surface area contributed by atoms with Crippen molar-refractivity contribution in [1.29, 1.82) is 0 Å². The molecule has 152 valence electrons. The molecule has 2 aromatic rings. The Bertz CT molecular complexity index is 906. The van der Waals surface area contributed by atoms with Crippen LogP contribution in [-0.4, -0.2) is 36.9 Å². The van der Waals surface area contributed by atoms with Gasteiger partial charge in [-0.1, -0.05) is 18.9 Å². The Morgan fingerprint density at radius 2 is 1.52 bits per heavy atom. The van der Waals surface area contributed by atoms with Crippen molar-refractivity contribution in [1.82, 2.24) is 4.90 Å². The summed E-state index contributed by atoms with van der Waals surface area (Å²) in [5.74, 6) is 2.91. The third kappa shape index (κ3) is 3.71. The van der Waals surface area contributed by atoms with Crippen molar-refractivity contribution in [3.05, 3.63) is 47.5 Å². The summed E-state index contributed by atoms with van der Waals surface area (Å²) >= 11 is 0. The topological polar surface area (TPSA) is 57.2 Å². The number of carbonyl (C=O) groups is 1. The van der Waals surface area contributed by atoms with E-state index in [4.69, 9.17) is 18.9 Å². The van der Waals surface area contributed by atoms with Gasteiger partial charge in [0.2, 0.25) is 6.79 Å². The minimum absolute atomic E-state index is 0.0326. The largest absolute Gasteiger partial charge is 0.490 e. The fourth-order valence-electron chi connectivity index (χ4n) is 4.28. The van der Waals surface area contributed by atoms with Gasteiger partial charge >= 0.3 is 0 Å². The second-order valence-corrected chi connectivity index (χ2v) is 7.77. The standard InChI is InChI=1S/C23H25NO5/c25-23(17-7-9-19-22(13-17)27-11-3-10-26-19)24(18-4-1-2-5-18)14-16-6-8-20-21(12-16)29-15-28-20/h6-9,12-13,18H,1-5,10-11,14-15H2. The van der Waals surface area contributed by atoms with Crippen LogP contribution in [0.25, 0.3) is 0 Å². The predicted molar refractivity (Wildman–Crippen MR) is 107 cm³/mol. The molecule has 2 aromatic carbocycles. The van der Waals surface area contributed by atoms with Crippen molar-refractivity contribution in [2.75, 3.05) is 20.0 Å².